The Balaban J connectivity index is 1.55. The lowest BCUT2D eigenvalue weighted by Crippen LogP contribution is -2.28. The topological polar surface area (TPSA) is 59.2 Å². The number of halogens is 1. The Morgan fingerprint density at radius 3 is 2.80 bits per heavy atom. The number of rotatable bonds is 3. The van der Waals surface area contributed by atoms with E-state index in [4.69, 9.17) is 4.52 Å². The zero-order valence-corrected chi connectivity index (χ0v) is 13.4. The van der Waals surface area contributed by atoms with Gasteiger partial charge in [0.15, 0.2) is 5.76 Å². The highest BCUT2D eigenvalue weighted by Crippen LogP contribution is 2.30. The maximum atomic E-state index is 13.1. The molecule has 1 aliphatic rings. The summed E-state index contributed by atoms with van der Waals surface area (Å²) in [5.41, 5.74) is 2.17. The van der Waals surface area contributed by atoms with Crippen LogP contribution in [0.25, 0.3) is 11.3 Å². The minimum absolute atomic E-state index is 0.119. The molecule has 0 saturated carbocycles. The van der Waals surface area contributed by atoms with Crippen LogP contribution in [0.1, 0.15) is 28.3 Å². The quantitative estimate of drug-likeness (QED) is 0.734. The lowest BCUT2D eigenvalue weighted by Gasteiger charge is -2.16. The molecule has 0 bridgehead atoms. The Morgan fingerprint density at radius 2 is 2.04 bits per heavy atom. The van der Waals surface area contributed by atoms with E-state index in [1.54, 1.807) is 23.2 Å². The van der Waals surface area contributed by atoms with Crippen molar-refractivity contribution in [2.45, 2.75) is 12.3 Å². The van der Waals surface area contributed by atoms with Crippen LogP contribution in [-0.2, 0) is 0 Å². The predicted octanol–water partition coefficient (Wildman–Crippen LogP) is 3.51. The fourth-order valence-electron chi connectivity index (χ4n) is 3.21. The summed E-state index contributed by atoms with van der Waals surface area (Å²) in [6.45, 7) is 1.31. The molecule has 0 aliphatic carbocycles. The van der Waals surface area contributed by atoms with Crippen molar-refractivity contribution in [3.8, 4) is 11.3 Å². The lowest BCUT2D eigenvalue weighted by atomic mass is 10.0. The molecule has 1 amide bonds. The van der Waals surface area contributed by atoms with Gasteiger partial charge in [-0.25, -0.2) is 4.39 Å². The summed E-state index contributed by atoms with van der Waals surface area (Å²) < 4.78 is 18.4. The predicted molar refractivity (Wildman–Crippen MR) is 89.4 cm³/mol. The fourth-order valence-corrected chi connectivity index (χ4v) is 3.21. The van der Waals surface area contributed by atoms with Gasteiger partial charge in [-0.3, -0.25) is 9.78 Å². The van der Waals surface area contributed by atoms with Crippen LogP contribution in [0.3, 0.4) is 0 Å². The SMILES string of the molecule is O=C(c1cnoc1-c1ccc(F)cc1)N1CC[C@H](c2cccnc2)C1. The Bertz CT molecular complexity index is 877. The third kappa shape index (κ3) is 3.03. The fraction of sp³-hybridized carbons (Fsp3) is 0.211. The summed E-state index contributed by atoms with van der Waals surface area (Å²) in [5.74, 6) is 0.198. The summed E-state index contributed by atoms with van der Waals surface area (Å²) in [4.78, 5) is 18.8. The highest BCUT2D eigenvalue weighted by molar-refractivity contribution is 5.99. The number of benzene rings is 1. The second-order valence-corrected chi connectivity index (χ2v) is 6.10. The summed E-state index contributed by atoms with van der Waals surface area (Å²) >= 11 is 0. The van der Waals surface area contributed by atoms with Gasteiger partial charge in [-0.15, -0.1) is 0 Å². The van der Waals surface area contributed by atoms with Crippen LogP contribution in [-0.4, -0.2) is 34.0 Å². The Labute approximate surface area is 144 Å². The first kappa shape index (κ1) is 15.5. The molecule has 1 fully saturated rings. The van der Waals surface area contributed by atoms with Gasteiger partial charge in [0, 0.05) is 37.0 Å². The molecule has 25 heavy (non-hydrogen) atoms. The molecule has 6 heteroatoms. The number of aromatic nitrogens is 2. The van der Waals surface area contributed by atoms with E-state index in [1.165, 1.54) is 18.3 Å². The molecule has 5 nitrogen and oxygen atoms in total. The van der Waals surface area contributed by atoms with Crippen molar-refractivity contribution >= 4 is 5.91 Å². The molecule has 2 aromatic heterocycles. The average Bonchev–Trinajstić information content (AvgIpc) is 3.32. The van der Waals surface area contributed by atoms with Gasteiger partial charge in [-0.2, -0.15) is 0 Å². The Kier molecular flexibility index (Phi) is 4.01. The van der Waals surface area contributed by atoms with E-state index in [1.807, 2.05) is 18.3 Å². The van der Waals surface area contributed by atoms with E-state index in [0.717, 1.165) is 12.0 Å². The van der Waals surface area contributed by atoms with Crippen LogP contribution in [0.4, 0.5) is 4.39 Å². The number of carbonyl (C=O) groups excluding carboxylic acids is 1. The van der Waals surface area contributed by atoms with Crippen molar-refractivity contribution in [3.05, 3.63) is 71.9 Å². The molecule has 1 aliphatic heterocycles. The number of hydrogen-bond donors (Lipinski definition) is 0. The number of pyridine rings is 1. The molecular weight excluding hydrogens is 321 g/mol. The lowest BCUT2D eigenvalue weighted by molar-refractivity contribution is 0.0791. The second kappa shape index (κ2) is 6.47. The summed E-state index contributed by atoms with van der Waals surface area (Å²) in [7, 11) is 0. The molecule has 3 heterocycles. The third-order valence-corrected chi connectivity index (χ3v) is 4.54. The zero-order valence-electron chi connectivity index (χ0n) is 13.4. The van der Waals surface area contributed by atoms with Crippen molar-refractivity contribution in [1.82, 2.24) is 15.0 Å². The summed E-state index contributed by atoms with van der Waals surface area (Å²) in [6, 6.07) is 9.77. The average molecular weight is 337 g/mol. The first-order valence-corrected chi connectivity index (χ1v) is 8.12. The van der Waals surface area contributed by atoms with E-state index in [-0.39, 0.29) is 17.6 Å². The van der Waals surface area contributed by atoms with Crippen LogP contribution in [0.5, 0.6) is 0 Å². The van der Waals surface area contributed by atoms with Crippen molar-refractivity contribution in [2.24, 2.45) is 0 Å². The largest absolute Gasteiger partial charge is 0.355 e. The van der Waals surface area contributed by atoms with Crippen LogP contribution in [0.2, 0.25) is 0 Å². The van der Waals surface area contributed by atoms with Gasteiger partial charge in [-0.1, -0.05) is 11.2 Å². The van der Waals surface area contributed by atoms with Crippen molar-refractivity contribution in [2.75, 3.05) is 13.1 Å². The maximum Gasteiger partial charge on any atom is 0.259 e. The molecule has 4 rings (SSSR count). The van der Waals surface area contributed by atoms with Crippen molar-refractivity contribution < 1.29 is 13.7 Å². The number of hydrogen-bond acceptors (Lipinski definition) is 4. The molecular formula is C19H16FN3O2. The minimum Gasteiger partial charge on any atom is -0.355 e. The molecule has 1 aromatic carbocycles. The maximum absolute atomic E-state index is 13.1. The smallest absolute Gasteiger partial charge is 0.259 e. The molecule has 3 aromatic rings. The second-order valence-electron chi connectivity index (χ2n) is 6.10. The normalized spacial score (nSPS) is 17.0. The van der Waals surface area contributed by atoms with Gasteiger partial charge >= 0.3 is 0 Å². The first-order valence-electron chi connectivity index (χ1n) is 8.12. The van der Waals surface area contributed by atoms with Gasteiger partial charge in [-0.05, 0) is 42.3 Å². The monoisotopic (exact) mass is 337 g/mol. The van der Waals surface area contributed by atoms with Gasteiger partial charge in [0.05, 0.1) is 6.20 Å². The summed E-state index contributed by atoms with van der Waals surface area (Å²) in [6.07, 6.45) is 5.92. The van der Waals surface area contributed by atoms with Gasteiger partial charge in [0.2, 0.25) is 0 Å². The minimum atomic E-state index is -0.338. The number of carbonyl (C=O) groups is 1. The van der Waals surface area contributed by atoms with E-state index in [0.29, 0.717) is 30.0 Å². The molecule has 126 valence electrons. The van der Waals surface area contributed by atoms with Gasteiger partial charge in [0.25, 0.3) is 5.91 Å². The van der Waals surface area contributed by atoms with Crippen LogP contribution in [0.15, 0.2) is 59.5 Å². The molecule has 1 saturated heterocycles. The van der Waals surface area contributed by atoms with E-state index >= 15 is 0 Å². The standard InChI is InChI=1S/C19H16FN3O2/c20-16-5-3-13(4-6-16)18-17(11-22-25-18)19(24)23-9-7-15(12-23)14-2-1-8-21-10-14/h1-6,8,10-11,15H,7,9,12H2/t15-/m0/s1. The van der Waals surface area contributed by atoms with E-state index in [9.17, 15) is 9.18 Å². The summed E-state index contributed by atoms with van der Waals surface area (Å²) in [5, 5.41) is 3.76. The highest BCUT2D eigenvalue weighted by atomic mass is 19.1. The van der Waals surface area contributed by atoms with Crippen LogP contribution >= 0.6 is 0 Å². The molecule has 1 atom stereocenters. The molecule has 0 spiro atoms. The molecule has 0 radical (unpaired) electrons. The Hall–Kier alpha value is -3.02. The van der Waals surface area contributed by atoms with Gasteiger partial charge in [0.1, 0.15) is 11.4 Å². The number of nitrogens with zero attached hydrogens (tertiary/aromatic N) is 3. The van der Waals surface area contributed by atoms with Crippen LogP contribution in [0, 0.1) is 5.82 Å². The molecule has 0 unspecified atom stereocenters. The van der Waals surface area contributed by atoms with Crippen molar-refractivity contribution in [1.29, 1.82) is 0 Å². The zero-order chi connectivity index (χ0) is 17.2. The first-order chi connectivity index (χ1) is 12.2. The highest BCUT2D eigenvalue weighted by Gasteiger charge is 2.30. The van der Waals surface area contributed by atoms with Crippen molar-refractivity contribution in [3.63, 3.8) is 0 Å². The number of amides is 1. The third-order valence-electron chi connectivity index (χ3n) is 4.54. The van der Waals surface area contributed by atoms with Crippen LogP contribution < -0.4 is 0 Å². The molecule has 0 N–H and O–H groups in total. The number of likely N-dealkylation sites (tertiary alicyclic amines) is 1. The van der Waals surface area contributed by atoms with E-state index in [2.05, 4.69) is 10.1 Å². The van der Waals surface area contributed by atoms with Gasteiger partial charge < -0.3 is 9.42 Å². The van der Waals surface area contributed by atoms with E-state index < -0.39 is 0 Å². The Morgan fingerprint density at radius 1 is 1.20 bits per heavy atom.